The molecule has 14 heteroatoms. The zero-order chi connectivity index (χ0) is 25.1. The van der Waals surface area contributed by atoms with E-state index < -0.39 is 49.7 Å². The number of fused-ring (bicyclic) bond motifs is 1. The molecule has 0 unspecified atom stereocenters. The van der Waals surface area contributed by atoms with Gasteiger partial charge in [-0.1, -0.05) is 0 Å². The van der Waals surface area contributed by atoms with E-state index in [0.717, 1.165) is 28.5 Å². The number of nitrogens with one attached hydrogen (secondary N) is 1. The van der Waals surface area contributed by atoms with Gasteiger partial charge in [0.15, 0.2) is 9.84 Å². The average molecular weight is 522 g/mol. The standard InChI is InChI=1S/C20H22F3N3O6S2/c1-20(9-34(30,31)10-20)24-18(27)11-3-5-13-16(7-11)26(33(2,28)29)25-17(13)14-8-12(32-19(22)23)4-6-15(14)21/h4,6,8,11,19H,3,5,7,9-10H2,1-2H3,(H,24,27)/t11-/m1/s1. The van der Waals surface area contributed by atoms with E-state index in [-0.39, 0.29) is 53.5 Å². The van der Waals surface area contributed by atoms with Crippen LogP contribution in [-0.2, 0) is 37.5 Å². The Bertz CT molecular complexity index is 1360. The number of hydrogen-bond acceptors (Lipinski definition) is 7. The van der Waals surface area contributed by atoms with Crippen LogP contribution in [0.4, 0.5) is 13.2 Å². The highest BCUT2D eigenvalue weighted by Crippen LogP contribution is 2.37. The van der Waals surface area contributed by atoms with Crippen molar-refractivity contribution in [1.82, 2.24) is 14.5 Å². The fourth-order valence-electron chi connectivity index (χ4n) is 4.56. The molecule has 0 radical (unpaired) electrons. The predicted molar refractivity (Wildman–Crippen MR) is 115 cm³/mol. The lowest BCUT2D eigenvalue weighted by Gasteiger charge is -2.39. The van der Waals surface area contributed by atoms with Gasteiger partial charge >= 0.3 is 6.61 Å². The average Bonchev–Trinajstić information content (AvgIpc) is 3.06. The van der Waals surface area contributed by atoms with E-state index in [2.05, 4.69) is 15.2 Å². The van der Waals surface area contributed by atoms with Crippen LogP contribution in [0, 0.1) is 11.7 Å². The van der Waals surface area contributed by atoms with E-state index in [1.807, 2.05) is 0 Å². The molecule has 1 aromatic carbocycles. The smallest absolute Gasteiger partial charge is 0.387 e. The molecule has 0 spiro atoms. The number of nitrogens with zero attached hydrogens (tertiary/aromatic N) is 2. The van der Waals surface area contributed by atoms with Crippen LogP contribution in [0.5, 0.6) is 5.75 Å². The number of hydrogen-bond donors (Lipinski definition) is 1. The number of ether oxygens (including phenoxy) is 1. The summed E-state index contributed by atoms with van der Waals surface area (Å²) in [6.07, 6.45) is 1.32. The number of carbonyl (C=O) groups excluding carboxylic acids is 1. The predicted octanol–water partition coefficient (Wildman–Crippen LogP) is 1.51. The van der Waals surface area contributed by atoms with Gasteiger partial charge in [-0.25, -0.2) is 21.2 Å². The monoisotopic (exact) mass is 521 g/mol. The van der Waals surface area contributed by atoms with Crippen molar-refractivity contribution in [2.75, 3.05) is 17.8 Å². The summed E-state index contributed by atoms with van der Waals surface area (Å²) in [5, 5.41) is 6.80. The summed E-state index contributed by atoms with van der Waals surface area (Å²) in [6.45, 7) is -1.51. The Morgan fingerprint density at radius 1 is 1.32 bits per heavy atom. The second-order valence-electron chi connectivity index (χ2n) is 8.92. The maximum absolute atomic E-state index is 14.6. The molecule has 186 valence electrons. The van der Waals surface area contributed by atoms with Crippen LogP contribution in [0.25, 0.3) is 11.3 Å². The van der Waals surface area contributed by atoms with Gasteiger partial charge in [-0.3, -0.25) is 4.79 Å². The van der Waals surface area contributed by atoms with E-state index in [9.17, 15) is 34.8 Å². The van der Waals surface area contributed by atoms with Gasteiger partial charge in [0, 0.05) is 23.5 Å². The minimum absolute atomic E-state index is 0.0289. The molecule has 2 aliphatic rings. The van der Waals surface area contributed by atoms with Crippen LogP contribution in [0.2, 0.25) is 0 Å². The highest BCUT2D eigenvalue weighted by molar-refractivity contribution is 7.93. The Hall–Kier alpha value is -2.61. The molecular formula is C20H22F3N3O6S2. The number of carbonyl (C=O) groups is 1. The number of benzene rings is 1. The van der Waals surface area contributed by atoms with Crippen LogP contribution < -0.4 is 10.1 Å². The molecule has 0 saturated carbocycles. The quantitative estimate of drug-likeness (QED) is 0.611. The summed E-state index contributed by atoms with van der Waals surface area (Å²) in [5.74, 6) is -2.54. The van der Waals surface area contributed by atoms with Crippen LogP contribution in [0.3, 0.4) is 0 Å². The molecule has 0 bridgehead atoms. The first-order valence-corrected chi connectivity index (χ1v) is 13.9. The minimum atomic E-state index is -3.95. The maximum Gasteiger partial charge on any atom is 0.387 e. The lowest BCUT2D eigenvalue weighted by molar-refractivity contribution is -0.126. The van der Waals surface area contributed by atoms with Crippen molar-refractivity contribution < 1.29 is 39.5 Å². The molecular weight excluding hydrogens is 499 g/mol. The Balaban J connectivity index is 1.68. The van der Waals surface area contributed by atoms with Crippen LogP contribution >= 0.6 is 0 Å². The van der Waals surface area contributed by atoms with Crippen LogP contribution in [-0.4, -0.2) is 61.8 Å². The molecule has 34 heavy (non-hydrogen) atoms. The lowest BCUT2D eigenvalue weighted by Crippen LogP contribution is -2.64. The third-order valence-electron chi connectivity index (χ3n) is 5.84. The van der Waals surface area contributed by atoms with Gasteiger partial charge in [-0.2, -0.15) is 18.0 Å². The lowest BCUT2D eigenvalue weighted by atomic mass is 9.85. The number of rotatable bonds is 6. The van der Waals surface area contributed by atoms with Gasteiger partial charge in [-0.15, -0.1) is 0 Å². The Labute approximate surface area is 194 Å². The topological polar surface area (TPSA) is 124 Å². The normalized spacial score (nSPS) is 20.9. The van der Waals surface area contributed by atoms with E-state index in [4.69, 9.17) is 0 Å². The summed E-state index contributed by atoms with van der Waals surface area (Å²) in [7, 11) is -7.13. The first-order chi connectivity index (χ1) is 15.7. The van der Waals surface area contributed by atoms with Gasteiger partial charge in [-0.05, 0) is 38.0 Å². The molecule has 2 aromatic rings. The molecule has 1 N–H and O–H groups in total. The van der Waals surface area contributed by atoms with Crippen molar-refractivity contribution >= 4 is 25.8 Å². The number of aromatic nitrogens is 2. The Morgan fingerprint density at radius 3 is 2.59 bits per heavy atom. The van der Waals surface area contributed by atoms with Crippen molar-refractivity contribution in [3.63, 3.8) is 0 Å². The molecule has 2 heterocycles. The van der Waals surface area contributed by atoms with Gasteiger partial charge in [0.25, 0.3) is 10.0 Å². The fourth-order valence-corrected chi connectivity index (χ4v) is 7.37. The minimum Gasteiger partial charge on any atom is -0.435 e. The van der Waals surface area contributed by atoms with Crippen molar-refractivity contribution in [3.05, 3.63) is 35.3 Å². The van der Waals surface area contributed by atoms with Crippen molar-refractivity contribution in [3.8, 4) is 17.0 Å². The molecule has 1 aliphatic carbocycles. The summed E-state index contributed by atoms with van der Waals surface area (Å²) in [4.78, 5) is 12.8. The van der Waals surface area contributed by atoms with Crippen molar-refractivity contribution in [2.45, 2.75) is 38.3 Å². The number of amides is 1. The van der Waals surface area contributed by atoms with Gasteiger partial charge in [0.05, 0.1) is 29.0 Å². The Kier molecular flexibility index (Phi) is 5.95. The highest BCUT2D eigenvalue weighted by atomic mass is 32.2. The number of sulfone groups is 1. The van der Waals surface area contributed by atoms with E-state index in [1.165, 1.54) is 0 Å². The molecule has 1 amide bonds. The third-order valence-corrected chi connectivity index (χ3v) is 8.93. The molecule has 1 saturated heterocycles. The summed E-state index contributed by atoms with van der Waals surface area (Å²) in [5.41, 5.74) is -0.539. The molecule has 1 aliphatic heterocycles. The summed E-state index contributed by atoms with van der Waals surface area (Å²) in [6, 6.07) is 2.96. The molecule has 1 fully saturated rings. The summed E-state index contributed by atoms with van der Waals surface area (Å²) >= 11 is 0. The molecule has 4 rings (SSSR count). The molecule has 9 nitrogen and oxygen atoms in total. The zero-order valence-electron chi connectivity index (χ0n) is 18.2. The number of halogens is 3. The second-order valence-corrected chi connectivity index (χ2v) is 12.8. The molecule has 1 atom stereocenters. The van der Waals surface area contributed by atoms with Crippen molar-refractivity contribution in [1.29, 1.82) is 0 Å². The van der Waals surface area contributed by atoms with Crippen molar-refractivity contribution in [2.24, 2.45) is 5.92 Å². The maximum atomic E-state index is 14.6. The third kappa shape index (κ3) is 4.78. The highest BCUT2D eigenvalue weighted by Gasteiger charge is 2.46. The SMILES string of the molecule is CC1(NC(=O)[C@@H]2CCc3c(-c4cc(OC(F)F)ccc4F)nn(S(C)(=O)=O)c3C2)CS(=O)(=O)C1. The van der Waals surface area contributed by atoms with Crippen LogP contribution in [0.15, 0.2) is 18.2 Å². The van der Waals surface area contributed by atoms with Crippen LogP contribution in [0.1, 0.15) is 24.6 Å². The fraction of sp³-hybridized carbons (Fsp3) is 0.500. The van der Waals surface area contributed by atoms with E-state index >= 15 is 0 Å². The molecule has 1 aromatic heterocycles. The second kappa shape index (κ2) is 8.26. The van der Waals surface area contributed by atoms with Gasteiger partial charge in [0.2, 0.25) is 5.91 Å². The van der Waals surface area contributed by atoms with Gasteiger partial charge in [0.1, 0.15) is 17.3 Å². The zero-order valence-corrected chi connectivity index (χ0v) is 19.8. The number of alkyl halides is 2. The van der Waals surface area contributed by atoms with E-state index in [0.29, 0.717) is 5.56 Å². The van der Waals surface area contributed by atoms with Gasteiger partial charge < -0.3 is 10.1 Å². The van der Waals surface area contributed by atoms with E-state index in [1.54, 1.807) is 6.92 Å². The first-order valence-electron chi connectivity index (χ1n) is 10.3. The Morgan fingerprint density at radius 2 is 2.00 bits per heavy atom. The summed E-state index contributed by atoms with van der Waals surface area (Å²) < 4.78 is 92.7. The first kappa shape index (κ1) is 24.5. The largest absolute Gasteiger partial charge is 0.435 e.